The third-order valence-electron chi connectivity index (χ3n) is 7.43. The normalized spacial score (nSPS) is 18.0. The van der Waals surface area contributed by atoms with Gasteiger partial charge in [0.1, 0.15) is 11.4 Å². The smallest absolute Gasteiger partial charge is 0.282 e. The molecule has 202 valence electrons. The number of benzene rings is 1. The van der Waals surface area contributed by atoms with E-state index in [1.54, 1.807) is 28.8 Å². The Morgan fingerprint density at radius 1 is 1.08 bits per heavy atom. The standard InChI is InChI=1S/C29H27ClF2N4O3/c1-2-16-9-23(28(39)36(13-16)20-6-7-20)26(37)34-25-11-18(10-24(33-25)17-3-4-17)21-8-5-19(30)12-22(21)27(38)35-14-29(31,32)15-35/h5,8-13,17,20H,2-4,6-7,14-15H2,1H3,(H,33,34,37). The summed E-state index contributed by atoms with van der Waals surface area (Å²) in [7, 11) is 0. The van der Waals surface area contributed by atoms with E-state index in [4.69, 9.17) is 11.6 Å². The van der Waals surface area contributed by atoms with Gasteiger partial charge in [-0.2, -0.15) is 0 Å². The van der Waals surface area contributed by atoms with E-state index in [9.17, 15) is 23.2 Å². The third kappa shape index (κ3) is 5.20. The molecule has 0 radical (unpaired) electrons. The summed E-state index contributed by atoms with van der Waals surface area (Å²) in [5.74, 6) is -3.51. The van der Waals surface area contributed by atoms with Crippen molar-refractivity contribution >= 4 is 29.2 Å². The van der Waals surface area contributed by atoms with Crippen LogP contribution in [0, 0.1) is 0 Å². The number of aromatic nitrogens is 2. The van der Waals surface area contributed by atoms with Gasteiger partial charge in [0.05, 0.1) is 13.1 Å². The molecule has 1 saturated heterocycles. The summed E-state index contributed by atoms with van der Waals surface area (Å²) in [6.07, 6.45) is 6.24. The minimum Gasteiger partial charge on any atom is -0.326 e. The van der Waals surface area contributed by atoms with Crippen molar-refractivity contribution in [1.29, 1.82) is 0 Å². The molecule has 0 bridgehead atoms. The van der Waals surface area contributed by atoms with Crippen LogP contribution in [-0.2, 0) is 6.42 Å². The highest BCUT2D eigenvalue weighted by Crippen LogP contribution is 2.42. The Balaban J connectivity index is 1.36. The Hall–Kier alpha value is -3.59. The quantitative estimate of drug-likeness (QED) is 0.408. The van der Waals surface area contributed by atoms with Crippen molar-refractivity contribution in [2.45, 2.75) is 56.9 Å². The second-order valence-corrected chi connectivity index (χ2v) is 11.1. The summed E-state index contributed by atoms with van der Waals surface area (Å²) in [5.41, 5.74) is 2.68. The van der Waals surface area contributed by atoms with Crippen molar-refractivity contribution in [1.82, 2.24) is 14.5 Å². The average Bonchev–Trinajstić information content (AvgIpc) is 3.80. The Morgan fingerprint density at radius 2 is 1.82 bits per heavy atom. The predicted molar refractivity (Wildman–Crippen MR) is 144 cm³/mol. The van der Waals surface area contributed by atoms with Gasteiger partial charge < -0.3 is 14.8 Å². The van der Waals surface area contributed by atoms with Gasteiger partial charge in [0, 0.05) is 34.4 Å². The number of carbonyl (C=O) groups excluding carboxylic acids is 2. The van der Waals surface area contributed by atoms with Crippen molar-refractivity contribution in [3.8, 4) is 11.1 Å². The highest BCUT2D eigenvalue weighted by molar-refractivity contribution is 6.31. The molecule has 2 saturated carbocycles. The van der Waals surface area contributed by atoms with Gasteiger partial charge in [0.15, 0.2) is 0 Å². The molecule has 6 rings (SSSR count). The number of nitrogens with one attached hydrogen (secondary N) is 1. The van der Waals surface area contributed by atoms with Gasteiger partial charge in [-0.15, -0.1) is 0 Å². The minimum absolute atomic E-state index is 0.0579. The van der Waals surface area contributed by atoms with Gasteiger partial charge in [-0.05, 0) is 79.1 Å². The number of pyridine rings is 2. The fraction of sp³-hybridized carbons (Fsp3) is 0.379. The van der Waals surface area contributed by atoms with Crippen LogP contribution in [0.5, 0.6) is 0 Å². The van der Waals surface area contributed by atoms with Gasteiger partial charge in [0.25, 0.3) is 23.3 Å². The van der Waals surface area contributed by atoms with Crippen LogP contribution in [0.2, 0.25) is 5.02 Å². The molecule has 3 heterocycles. The first-order valence-corrected chi connectivity index (χ1v) is 13.5. The van der Waals surface area contributed by atoms with E-state index in [-0.39, 0.29) is 34.5 Å². The summed E-state index contributed by atoms with van der Waals surface area (Å²) in [6, 6.07) is 10.0. The zero-order valence-electron chi connectivity index (χ0n) is 21.3. The van der Waals surface area contributed by atoms with Crippen molar-refractivity contribution in [3.63, 3.8) is 0 Å². The molecule has 3 aliphatic rings. The number of aryl methyl sites for hydroxylation is 1. The molecule has 2 amide bonds. The number of anilines is 1. The van der Waals surface area contributed by atoms with Gasteiger partial charge in [-0.1, -0.05) is 24.6 Å². The molecule has 0 atom stereocenters. The molecule has 10 heteroatoms. The van der Waals surface area contributed by atoms with Crippen LogP contribution in [-0.4, -0.2) is 45.3 Å². The number of likely N-dealkylation sites (tertiary alicyclic amines) is 1. The van der Waals surface area contributed by atoms with Crippen LogP contribution in [0.3, 0.4) is 0 Å². The van der Waals surface area contributed by atoms with E-state index in [0.29, 0.717) is 22.6 Å². The van der Waals surface area contributed by atoms with Gasteiger partial charge in [-0.25, -0.2) is 13.8 Å². The lowest BCUT2D eigenvalue weighted by molar-refractivity contribution is -0.113. The average molecular weight is 553 g/mol. The molecule has 39 heavy (non-hydrogen) atoms. The SMILES string of the molecule is CCc1cc(C(=O)Nc2cc(-c3ccc(Cl)cc3C(=O)N3CC(F)(F)C3)cc(C3CC3)n2)c(=O)n(C2CC2)c1. The molecule has 1 N–H and O–H groups in total. The first-order valence-electron chi connectivity index (χ1n) is 13.2. The van der Waals surface area contributed by atoms with Crippen molar-refractivity contribution < 1.29 is 18.4 Å². The van der Waals surface area contributed by atoms with Gasteiger partial charge in [0.2, 0.25) is 0 Å². The van der Waals surface area contributed by atoms with Crippen LogP contribution < -0.4 is 10.9 Å². The van der Waals surface area contributed by atoms with Crippen LogP contribution >= 0.6 is 11.6 Å². The number of rotatable bonds is 7. The number of nitrogens with zero attached hydrogens (tertiary/aromatic N) is 3. The lowest BCUT2D eigenvalue weighted by atomic mass is 9.96. The van der Waals surface area contributed by atoms with Gasteiger partial charge in [-0.3, -0.25) is 14.4 Å². The molecule has 2 aliphatic carbocycles. The van der Waals surface area contributed by atoms with E-state index >= 15 is 0 Å². The summed E-state index contributed by atoms with van der Waals surface area (Å²) in [6.45, 7) is 0.688. The molecule has 2 aromatic heterocycles. The molecule has 1 aromatic carbocycles. The lowest BCUT2D eigenvalue weighted by Crippen LogP contribution is -2.58. The second kappa shape index (κ2) is 9.55. The largest absolute Gasteiger partial charge is 0.326 e. The number of carbonyl (C=O) groups is 2. The highest BCUT2D eigenvalue weighted by atomic mass is 35.5. The van der Waals surface area contributed by atoms with Crippen LogP contribution in [0.4, 0.5) is 14.6 Å². The van der Waals surface area contributed by atoms with Crippen LogP contribution in [0.1, 0.15) is 76.5 Å². The van der Waals surface area contributed by atoms with Crippen molar-refractivity contribution in [2.24, 2.45) is 0 Å². The zero-order valence-corrected chi connectivity index (χ0v) is 22.1. The second-order valence-electron chi connectivity index (χ2n) is 10.7. The molecular weight excluding hydrogens is 526 g/mol. The summed E-state index contributed by atoms with van der Waals surface area (Å²) in [4.78, 5) is 45.3. The number of alkyl halides is 2. The first kappa shape index (κ1) is 25.7. The topological polar surface area (TPSA) is 84.3 Å². The summed E-state index contributed by atoms with van der Waals surface area (Å²) < 4.78 is 28.6. The van der Waals surface area contributed by atoms with E-state index < -0.39 is 30.8 Å². The zero-order chi connectivity index (χ0) is 27.5. The van der Waals surface area contributed by atoms with Gasteiger partial charge >= 0.3 is 0 Å². The Bertz CT molecular complexity index is 1550. The molecular formula is C29H27ClF2N4O3. The molecule has 7 nitrogen and oxygen atoms in total. The number of hydrogen-bond donors (Lipinski definition) is 1. The Morgan fingerprint density at radius 3 is 2.46 bits per heavy atom. The predicted octanol–water partition coefficient (Wildman–Crippen LogP) is 5.68. The van der Waals surface area contributed by atoms with E-state index in [0.717, 1.165) is 41.8 Å². The number of hydrogen-bond acceptors (Lipinski definition) is 4. The molecule has 3 aromatic rings. The van der Waals surface area contributed by atoms with E-state index in [2.05, 4.69) is 10.3 Å². The maximum absolute atomic E-state index is 13.5. The Kier molecular flexibility index (Phi) is 6.29. The monoisotopic (exact) mass is 552 g/mol. The molecule has 0 unspecified atom stereocenters. The molecule has 3 fully saturated rings. The fourth-order valence-electron chi connectivity index (χ4n) is 4.96. The van der Waals surface area contributed by atoms with Crippen LogP contribution in [0.15, 0.2) is 47.4 Å². The summed E-state index contributed by atoms with van der Waals surface area (Å²) >= 11 is 6.19. The summed E-state index contributed by atoms with van der Waals surface area (Å²) in [5, 5.41) is 3.11. The number of amides is 2. The molecule has 1 aliphatic heterocycles. The van der Waals surface area contributed by atoms with E-state index in [1.807, 2.05) is 19.2 Å². The Labute approximate surface area is 228 Å². The van der Waals surface area contributed by atoms with Crippen molar-refractivity contribution in [3.05, 3.63) is 80.4 Å². The first-order chi connectivity index (χ1) is 18.6. The minimum atomic E-state index is -2.89. The number of halogens is 3. The van der Waals surface area contributed by atoms with E-state index in [1.165, 1.54) is 6.07 Å². The maximum Gasteiger partial charge on any atom is 0.282 e. The van der Waals surface area contributed by atoms with Crippen molar-refractivity contribution in [2.75, 3.05) is 18.4 Å². The van der Waals surface area contributed by atoms with Crippen LogP contribution in [0.25, 0.3) is 11.1 Å². The fourth-order valence-corrected chi connectivity index (χ4v) is 5.13. The maximum atomic E-state index is 13.5. The molecule has 0 spiro atoms. The highest BCUT2D eigenvalue weighted by Gasteiger charge is 2.46. The third-order valence-corrected chi connectivity index (χ3v) is 7.66. The lowest BCUT2D eigenvalue weighted by Gasteiger charge is -2.39.